The lowest BCUT2D eigenvalue weighted by molar-refractivity contribution is -0.138. The second-order valence-corrected chi connectivity index (χ2v) is 10.7. The molecule has 1 aliphatic heterocycles. The van der Waals surface area contributed by atoms with Gasteiger partial charge >= 0.3 is 12.1 Å². The first-order valence-electron chi connectivity index (χ1n) is 12.1. The van der Waals surface area contributed by atoms with E-state index in [0.717, 1.165) is 25.0 Å². The average molecular weight is 549 g/mol. The lowest BCUT2D eigenvalue weighted by Crippen LogP contribution is -2.37. The quantitative estimate of drug-likeness (QED) is 0.397. The summed E-state index contributed by atoms with van der Waals surface area (Å²) < 4.78 is 70.0. The smallest absolute Gasteiger partial charge is 0.418 e. The molecule has 1 fully saturated rings. The van der Waals surface area contributed by atoms with Gasteiger partial charge in [-0.1, -0.05) is 37.3 Å². The number of aromatic nitrogens is 2. The van der Waals surface area contributed by atoms with Crippen LogP contribution in [-0.2, 0) is 27.4 Å². The molecule has 1 aromatic carbocycles. The number of rotatable bonds is 8. The molecule has 3 heterocycles. The summed E-state index contributed by atoms with van der Waals surface area (Å²) in [6.45, 7) is 2.83. The molecule has 0 saturated carbocycles. The van der Waals surface area contributed by atoms with Crippen LogP contribution in [0.25, 0.3) is 11.3 Å². The molecule has 1 saturated heterocycles. The molecule has 3 aromatic rings. The first kappa shape index (κ1) is 27.4. The Morgan fingerprint density at radius 1 is 1.11 bits per heavy atom. The van der Waals surface area contributed by atoms with Crippen molar-refractivity contribution in [2.24, 2.45) is 5.92 Å². The Hall–Kier alpha value is -3.67. The molecule has 38 heavy (non-hydrogen) atoms. The Labute approximate surface area is 218 Å². The number of aliphatic carboxylic acids is 1. The Morgan fingerprint density at radius 2 is 1.87 bits per heavy atom. The fraction of sp³-hybridized carbons (Fsp3) is 0.346. The molecule has 0 radical (unpaired) electrons. The largest absolute Gasteiger partial charge is 0.481 e. The molecule has 1 atom stereocenters. The van der Waals surface area contributed by atoms with Gasteiger partial charge in [-0.05, 0) is 55.0 Å². The number of halogens is 3. The zero-order valence-corrected chi connectivity index (χ0v) is 21.4. The molecule has 12 heteroatoms. The fourth-order valence-corrected chi connectivity index (χ4v) is 5.58. The normalized spacial score (nSPS) is 16.3. The van der Waals surface area contributed by atoms with E-state index in [1.165, 1.54) is 18.2 Å². The second-order valence-electron chi connectivity index (χ2n) is 9.09. The number of nitrogens with zero attached hydrogens (tertiary/aromatic N) is 3. The van der Waals surface area contributed by atoms with Crippen LogP contribution < -0.4 is 9.62 Å². The van der Waals surface area contributed by atoms with E-state index in [2.05, 4.69) is 14.7 Å². The van der Waals surface area contributed by atoms with E-state index in [9.17, 15) is 26.4 Å². The van der Waals surface area contributed by atoms with Gasteiger partial charge in [-0.3, -0.25) is 9.52 Å². The van der Waals surface area contributed by atoms with Gasteiger partial charge in [0.05, 0.1) is 11.3 Å². The van der Waals surface area contributed by atoms with Gasteiger partial charge in [0.25, 0.3) is 10.0 Å². The number of aryl methyl sites for hydroxylation is 1. The van der Waals surface area contributed by atoms with Crippen LogP contribution >= 0.6 is 0 Å². The Balaban J connectivity index is 1.64. The van der Waals surface area contributed by atoms with Gasteiger partial charge in [-0.25, -0.2) is 9.97 Å². The maximum Gasteiger partial charge on any atom is 0.418 e. The van der Waals surface area contributed by atoms with Gasteiger partial charge < -0.3 is 10.0 Å². The van der Waals surface area contributed by atoms with Crippen LogP contribution in [-0.4, -0.2) is 42.6 Å². The summed E-state index contributed by atoms with van der Waals surface area (Å²) in [5, 5.41) is 8.78. The molecule has 4 rings (SSSR count). The SMILES string of the molecule is CCc1ccccc1-c1nc(NS(=O)(=O)c2cccc(N3CCCC(CC(=O)O)C3)n2)ccc1C(F)(F)F. The average Bonchev–Trinajstić information content (AvgIpc) is 2.87. The van der Waals surface area contributed by atoms with Crippen molar-refractivity contribution in [2.45, 2.75) is 43.8 Å². The number of carboxylic acid groups (broad SMARTS) is 1. The number of piperidine rings is 1. The summed E-state index contributed by atoms with van der Waals surface area (Å²) in [7, 11) is -4.30. The Morgan fingerprint density at radius 3 is 2.58 bits per heavy atom. The van der Waals surface area contributed by atoms with E-state index < -0.39 is 27.7 Å². The van der Waals surface area contributed by atoms with Crippen molar-refractivity contribution in [1.29, 1.82) is 0 Å². The number of carboxylic acids is 1. The van der Waals surface area contributed by atoms with Gasteiger partial charge in [0.2, 0.25) is 0 Å². The second kappa shape index (κ2) is 11.0. The number of alkyl halides is 3. The molecule has 0 amide bonds. The van der Waals surface area contributed by atoms with Crippen LogP contribution in [0.15, 0.2) is 59.6 Å². The number of nitrogens with one attached hydrogen (secondary N) is 1. The van der Waals surface area contributed by atoms with Crippen molar-refractivity contribution in [3.05, 3.63) is 65.7 Å². The minimum atomic E-state index is -4.69. The van der Waals surface area contributed by atoms with E-state index >= 15 is 0 Å². The minimum absolute atomic E-state index is 0.0130. The molecular weight excluding hydrogens is 521 g/mol. The van der Waals surface area contributed by atoms with Crippen LogP contribution in [0.1, 0.15) is 37.3 Å². The first-order chi connectivity index (χ1) is 18.0. The highest BCUT2D eigenvalue weighted by Gasteiger charge is 2.35. The highest BCUT2D eigenvalue weighted by molar-refractivity contribution is 7.92. The van der Waals surface area contributed by atoms with E-state index in [1.54, 1.807) is 24.3 Å². The van der Waals surface area contributed by atoms with Gasteiger partial charge in [0.1, 0.15) is 11.6 Å². The van der Waals surface area contributed by atoms with Crippen molar-refractivity contribution in [3.8, 4) is 11.3 Å². The van der Waals surface area contributed by atoms with Crippen molar-refractivity contribution < 1.29 is 31.5 Å². The van der Waals surface area contributed by atoms with Crippen LogP contribution in [0.2, 0.25) is 0 Å². The zero-order valence-electron chi connectivity index (χ0n) is 20.6. The van der Waals surface area contributed by atoms with Crippen LogP contribution in [0, 0.1) is 5.92 Å². The standard InChI is InChI=1S/C26H27F3N4O4S/c1-2-18-8-3-4-9-19(18)25-20(26(27,28)29)12-13-21(30-25)32-38(36,37)23-11-5-10-22(31-23)33-14-6-7-17(16-33)15-24(34)35/h3-5,8-13,17H,2,6-7,14-16H2,1H3,(H,30,32)(H,34,35). The molecule has 0 bridgehead atoms. The maximum absolute atomic E-state index is 13.8. The summed E-state index contributed by atoms with van der Waals surface area (Å²) in [4.78, 5) is 21.3. The summed E-state index contributed by atoms with van der Waals surface area (Å²) in [5.41, 5.74) is -0.427. The maximum atomic E-state index is 13.8. The number of hydrogen-bond donors (Lipinski definition) is 2. The number of pyridine rings is 2. The molecule has 2 aromatic heterocycles. The third-order valence-electron chi connectivity index (χ3n) is 6.38. The summed E-state index contributed by atoms with van der Waals surface area (Å²) in [5.74, 6) is -0.871. The van der Waals surface area contributed by atoms with Gasteiger partial charge in [-0.15, -0.1) is 0 Å². The summed E-state index contributed by atoms with van der Waals surface area (Å²) in [6, 6.07) is 12.8. The third kappa shape index (κ3) is 6.24. The summed E-state index contributed by atoms with van der Waals surface area (Å²) in [6.07, 6.45) is -2.72. The van der Waals surface area contributed by atoms with E-state index in [1.807, 2.05) is 11.8 Å². The summed E-state index contributed by atoms with van der Waals surface area (Å²) >= 11 is 0. The highest BCUT2D eigenvalue weighted by Crippen LogP contribution is 2.38. The molecule has 0 spiro atoms. The van der Waals surface area contributed by atoms with Crippen LogP contribution in [0.5, 0.6) is 0 Å². The van der Waals surface area contributed by atoms with Gasteiger partial charge in [0.15, 0.2) is 5.03 Å². The Bertz CT molecular complexity index is 1430. The highest BCUT2D eigenvalue weighted by atomic mass is 32.2. The first-order valence-corrected chi connectivity index (χ1v) is 13.6. The predicted molar refractivity (Wildman–Crippen MR) is 136 cm³/mol. The molecule has 2 N–H and O–H groups in total. The molecule has 1 aliphatic rings. The van der Waals surface area contributed by atoms with Crippen molar-refractivity contribution in [1.82, 2.24) is 9.97 Å². The molecule has 202 valence electrons. The molecular formula is C26H27F3N4O4S. The number of hydrogen-bond acceptors (Lipinski definition) is 6. The molecule has 0 aliphatic carbocycles. The van der Waals surface area contributed by atoms with Gasteiger partial charge in [-0.2, -0.15) is 21.6 Å². The predicted octanol–water partition coefficient (Wildman–Crippen LogP) is 5.22. The lowest BCUT2D eigenvalue weighted by Gasteiger charge is -2.33. The third-order valence-corrected chi connectivity index (χ3v) is 7.64. The molecule has 8 nitrogen and oxygen atoms in total. The van der Waals surface area contributed by atoms with Crippen LogP contribution in [0.4, 0.5) is 24.8 Å². The van der Waals surface area contributed by atoms with Crippen LogP contribution in [0.3, 0.4) is 0 Å². The van der Waals surface area contributed by atoms with E-state index in [0.29, 0.717) is 30.9 Å². The fourth-order valence-electron chi connectivity index (χ4n) is 4.62. The monoisotopic (exact) mass is 548 g/mol. The van der Waals surface area contributed by atoms with Crippen molar-refractivity contribution in [3.63, 3.8) is 0 Å². The van der Waals surface area contributed by atoms with Crippen molar-refractivity contribution >= 4 is 27.6 Å². The topological polar surface area (TPSA) is 112 Å². The number of sulfonamides is 1. The van der Waals surface area contributed by atoms with Gasteiger partial charge in [0, 0.05) is 25.1 Å². The minimum Gasteiger partial charge on any atom is -0.481 e. The number of anilines is 2. The number of benzene rings is 1. The lowest BCUT2D eigenvalue weighted by atomic mass is 9.95. The molecule has 1 unspecified atom stereocenters. The van der Waals surface area contributed by atoms with Crippen molar-refractivity contribution in [2.75, 3.05) is 22.7 Å². The zero-order chi connectivity index (χ0) is 27.5. The van der Waals surface area contributed by atoms with E-state index in [-0.39, 0.29) is 34.4 Å². The van der Waals surface area contributed by atoms with E-state index in [4.69, 9.17) is 5.11 Å². The Kier molecular flexibility index (Phi) is 7.91. The number of carbonyl (C=O) groups is 1.